The Labute approximate surface area is 126 Å². The Morgan fingerprint density at radius 1 is 1.09 bits per heavy atom. The number of hydrogen-bond donors (Lipinski definition) is 0. The third kappa shape index (κ3) is 2.63. The lowest BCUT2D eigenvalue weighted by Gasteiger charge is -2.22. The van der Waals surface area contributed by atoms with Gasteiger partial charge in [-0.2, -0.15) is 13.2 Å². The smallest absolute Gasteiger partial charge is 0.417 e. The van der Waals surface area contributed by atoms with Crippen LogP contribution in [0.4, 0.5) is 13.2 Å². The molecule has 0 aromatic heterocycles. The second-order valence-corrected chi connectivity index (χ2v) is 5.16. The number of alkyl halides is 3. The van der Waals surface area contributed by atoms with Gasteiger partial charge in [-0.1, -0.05) is 18.2 Å². The summed E-state index contributed by atoms with van der Waals surface area (Å²) in [5.41, 5.74) is 0.835. The molecule has 0 radical (unpaired) electrons. The van der Waals surface area contributed by atoms with Crippen LogP contribution in [0.3, 0.4) is 0 Å². The van der Waals surface area contributed by atoms with Gasteiger partial charge in [-0.15, -0.1) is 0 Å². The quantitative estimate of drug-likeness (QED) is 0.800. The Morgan fingerprint density at radius 2 is 1.91 bits per heavy atom. The maximum atomic E-state index is 13.4. The third-order valence-electron chi connectivity index (χ3n) is 3.76. The maximum absolute atomic E-state index is 13.4. The molecule has 0 spiro atoms. The molecule has 0 saturated heterocycles. The largest absolute Gasteiger partial charge is 0.497 e. The van der Waals surface area contributed by atoms with Gasteiger partial charge in [-0.25, -0.2) is 0 Å². The van der Waals surface area contributed by atoms with Crippen molar-refractivity contribution in [3.8, 4) is 22.6 Å². The molecule has 5 heteroatoms. The van der Waals surface area contributed by atoms with Gasteiger partial charge in [0.25, 0.3) is 0 Å². The predicted molar refractivity (Wildman–Crippen MR) is 77.2 cm³/mol. The Hall–Kier alpha value is -2.17. The van der Waals surface area contributed by atoms with E-state index in [1.807, 2.05) is 6.07 Å². The number of methoxy groups -OCH3 is 1. The molecule has 116 valence electrons. The van der Waals surface area contributed by atoms with Crippen LogP contribution in [-0.4, -0.2) is 13.7 Å². The van der Waals surface area contributed by atoms with Crippen LogP contribution in [0.1, 0.15) is 17.5 Å². The average molecular weight is 308 g/mol. The van der Waals surface area contributed by atoms with Crippen molar-refractivity contribution in [2.45, 2.75) is 19.0 Å². The standard InChI is InChI=1S/C17H15F3O2/c1-21-12-7-8-13(15(10-12)17(18,19)20)14-6-2-4-11-5-3-9-22-16(11)14/h2,4,6-8,10H,3,5,9H2,1H3. The van der Waals surface area contributed by atoms with Crippen LogP contribution in [0.5, 0.6) is 11.5 Å². The zero-order chi connectivity index (χ0) is 15.7. The first-order valence-electron chi connectivity index (χ1n) is 7.01. The molecule has 0 bridgehead atoms. The van der Waals surface area contributed by atoms with Crippen molar-refractivity contribution < 1.29 is 22.6 Å². The molecule has 0 fully saturated rings. The molecule has 1 aliphatic heterocycles. The van der Waals surface area contributed by atoms with E-state index >= 15 is 0 Å². The van der Waals surface area contributed by atoms with Gasteiger partial charge >= 0.3 is 6.18 Å². The highest BCUT2D eigenvalue weighted by molar-refractivity contribution is 5.76. The number of hydrogen-bond acceptors (Lipinski definition) is 2. The lowest BCUT2D eigenvalue weighted by Crippen LogP contribution is -2.11. The van der Waals surface area contributed by atoms with Gasteiger partial charge in [0.2, 0.25) is 0 Å². The van der Waals surface area contributed by atoms with Gasteiger partial charge in [-0.3, -0.25) is 0 Å². The Bertz CT molecular complexity index is 693. The highest BCUT2D eigenvalue weighted by Gasteiger charge is 2.35. The van der Waals surface area contributed by atoms with E-state index in [-0.39, 0.29) is 11.3 Å². The molecule has 0 atom stereocenters. The van der Waals surface area contributed by atoms with Crippen LogP contribution in [0.2, 0.25) is 0 Å². The number of aryl methyl sites for hydroxylation is 1. The molecule has 2 aromatic carbocycles. The molecule has 2 nitrogen and oxygen atoms in total. The summed E-state index contributed by atoms with van der Waals surface area (Å²) in [7, 11) is 1.35. The van der Waals surface area contributed by atoms with Gasteiger partial charge in [0, 0.05) is 5.56 Å². The van der Waals surface area contributed by atoms with Crippen LogP contribution in [0, 0.1) is 0 Å². The molecule has 3 rings (SSSR count). The lowest BCUT2D eigenvalue weighted by molar-refractivity contribution is -0.137. The van der Waals surface area contributed by atoms with E-state index in [2.05, 4.69) is 0 Å². The van der Waals surface area contributed by atoms with Crippen LogP contribution in [0.15, 0.2) is 36.4 Å². The van der Waals surface area contributed by atoms with Crippen molar-refractivity contribution in [3.63, 3.8) is 0 Å². The van der Waals surface area contributed by atoms with E-state index in [9.17, 15) is 13.2 Å². The minimum Gasteiger partial charge on any atom is -0.497 e. The third-order valence-corrected chi connectivity index (χ3v) is 3.76. The van der Waals surface area contributed by atoms with Crippen molar-refractivity contribution in [3.05, 3.63) is 47.5 Å². The molecule has 0 saturated carbocycles. The zero-order valence-electron chi connectivity index (χ0n) is 12.0. The summed E-state index contributed by atoms with van der Waals surface area (Å²) in [6, 6.07) is 9.34. The fourth-order valence-electron chi connectivity index (χ4n) is 2.72. The van der Waals surface area contributed by atoms with Crippen LogP contribution >= 0.6 is 0 Å². The molecule has 0 unspecified atom stereocenters. The highest BCUT2D eigenvalue weighted by atomic mass is 19.4. The summed E-state index contributed by atoms with van der Waals surface area (Å²) in [5, 5.41) is 0. The van der Waals surface area contributed by atoms with E-state index in [4.69, 9.17) is 9.47 Å². The minimum atomic E-state index is -4.46. The monoisotopic (exact) mass is 308 g/mol. The summed E-state index contributed by atoms with van der Waals surface area (Å²) in [6.07, 6.45) is -2.76. The summed E-state index contributed by atoms with van der Waals surface area (Å²) < 4.78 is 50.7. The summed E-state index contributed by atoms with van der Waals surface area (Å²) in [4.78, 5) is 0. The Morgan fingerprint density at radius 3 is 2.64 bits per heavy atom. The normalized spacial score (nSPS) is 14.2. The van der Waals surface area contributed by atoms with Crippen LogP contribution < -0.4 is 9.47 Å². The zero-order valence-corrected chi connectivity index (χ0v) is 12.0. The van der Waals surface area contributed by atoms with Gasteiger partial charge < -0.3 is 9.47 Å². The van der Waals surface area contributed by atoms with Crippen molar-refractivity contribution in [1.82, 2.24) is 0 Å². The topological polar surface area (TPSA) is 18.5 Å². The van der Waals surface area contributed by atoms with Crippen molar-refractivity contribution in [2.24, 2.45) is 0 Å². The second kappa shape index (κ2) is 5.55. The first-order chi connectivity index (χ1) is 10.5. The number of rotatable bonds is 2. The number of ether oxygens (including phenoxy) is 2. The Kier molecular flexibility index (Phi) is 3.72. The maximum Gasteiger partial charge on any atom is 0.417 e. The summed E-state index contributed by atoms with van der Waals surface area (Å²) >= 11 is 0. The molecule has 1 aliphatic rings. The van der Waals surface area contributed by atoms with E-state index in [1.165, 1.54) is 19.2 Å². The van der Waals surface area contributed by atoms with E-state index in [1.54, 1.807) is 12.1 Å². The fraction of sp³-hybridized carbons (Fsp3) is 0.294. The Balaban J connectivity index is 2.20. The highest BCUT2D eigenvalue weighted by Crippen LogP contribution is 2.43. The van der Waals surface area contributed by atoms with Crippen LogP contribution in [0.25, 0.3) is 11.1 Å². The van der Waals surface area contributed by atoms with E-state index in [0.29, 0.717) is 17.9 Å². The fourth-order valence-corrected chi connectivity index (χ4v) is 2.72. The first-order valence-corrected chi connectivity index (χ1v) is 7.01. The lowest BCUT2D eigenvalue weighted by atomic mass is 9.94. The first kappa shape index (κ1) is 14.8. The number of halogens is 3. The van der Waals surface area contributed by atoms with Crippen LogP contribution in [-0.2, 0) is 12.6 Å². The molecular weight excluding hydrogens is 293 g/mol. The summed E-state index contributed by atoms with van der Waals surface area (Å²) in [5.74, 6) is 0.742. The predicted octanol–water partition coefficient (Wildman–Crippen LogP) is 4.71. The van der Waals surface area contributed by atoms with Crippen molar-refractivity contribution in [1.29, 1.82) is 0 Å². The average Bonchev–Trinajstić information content (AvgIpc) is 2.53. The number of para-hydroxylation sites is 1. The van der Waals surface area contributed by atoms with Gasteiger partial charge in [-0.05, 0) is 42.2 Å². The molecule has 0 aliphatic carbocycles. The molecular formula is C17H15F3O2. The molecule has 1 heterocycles. The second-order valence-electron chi connectivity index (χ2n) is 5.16. The van der Waals surface area contributed by atoms with E-state index < -0.39 is 11.7 Å². The van der Waals surface area contributed by atoms with Crippen molar-refractivity contribution >= 4 is 0 Å². The van der Waals surface area contributed by atoms with Gasteiger partial charge in [0.15, 0.2) is 0 Å². The van der Waals surface area contributed by atoms with E-state index in [0.717, 1.165) is 24.5 Å². The minimum absolute atomic E-state index is 0.118. The van der Waals surface area contributed by atoms with Crippen molar-refractivity contribution in [2.75, 3.05) is 13.7 Å². The number of fused-ring (bicyclic) bond motifs is 1. The van der Waals surface area contributed by atoms with Gasteiger partial charge in [0.1, 0.15) is 11.5 Å². The number of benzene rings is 2. The molecule has 2 aromatic rings. The van der Waals surface area contributed by atoms with Gasteiger partial charge in [0.05, 0.1) is 19.3 Å². The summed E-state index contributed by atoms with van der Waals surface area (Å²) in [6.45, 7) is 0.529. The molecule has 0 amide bonds. The SMILES string of the molecule is COc1ccc(-c2cccc3c2OCCC3)c(C(F)(F)F)c1. The molecule has 0 N–H and O–H groups in total. The molecule has 22 heavy (non-hydrogen) atoms.